The Morgan fingerprint density at radius 1 is 0.917 bits per heavy atom. The van der Waals surface area contributed by atoms with Gasteiger partial charge in [0.25, 0.3) is 5.91 Å². The Morgan fingerprint density at radius 3 is 2.08 bits per heavy atom. The van der Waals surface area contributed by atoms with Crippen molar-refractivity contribution in [2.24, 2.45) is 11.8 Å². The van der Waals surface area contributed by atoms with Gasteiger partial charge in [0.1, 0.15) is 29.9 Å². The average Bonchev–Trinajstić information content (AvgIpc) is 2.81. The molecule has 0 aromatic carbocycles. The Balaban J connectivity index is 3.43. The number of allylic oxidation sites excluding steroid dienone is 2. The van der Waals surface area contributed by atoms with Crippen molar-refractivity contribution in [2.75, 3.05) is 0 Å². The first-order valence-electron chi connectivity index (χ1n) is 12.7. The number of ether oxygens (including phenoxy) is 1. The van der Waals surface area contributed by atoms with E-state index in [-0.39, 0.29) is 30.4 Å². The van der Waals surface area contributed by atoms with Gasteiger partial charge in [-0.15, -0.1) is 0 Å². The van der Waals surface area contributed by atoms with Gasteiger partial charge in [-0.25, -0.2) is 4.79 Å². The molecule has 10 heteroatoms. The maximum absolute atomic E-state index is 13.1. The molecular weight excluding hydrogens is 464 g/mol. The van der Waals surface area contributed by atoms with Gasteiger partial charge < -0.3 is 26.0 Å². The van der Waals surface area contributed by atoms with Crippen LogP contribution in [0.4, 0.5) is 0 Å². The van der Waals surface area contributed by atoms with Crippen molar-refractivity contribution in [2.45, 2.75) is 98.4 Å². The molecule has 1 fully saturated rings. The zero-order chi connectivity index (χ0) is 27.4. The standard InChI is InChI=1S/C26H42N4O6/c1-8-11-12-13-17-14-20(31)29-21(15(4)5)25(34)28-18(9-2)23(32)27-19(10-3)24(33)30-22(16(6)7)26(35)36-17/h10,12-13,15-18,21-22H,8-9,11,14H2,1-7H3,(H,27,32)(H,28,34)(H,29,31)(H,30,33)/b13-12+,19-10+/t17-,18-,21+,22-/m0/s1. The number of cyclic esters (lactones) is 1. The van der Waals surface area contributed by atoms with Crippen molar-refractivity contribution in [3.63, 3.8) is 0 Å². The van der Waals surface area contributed by atoms with Gasteiger partial charge in [0.2, 0.25) is 17.7 Å². The summed E-state index contributed by atoms with van der Waals surface area (Å²) >= 11 is 0. The van der Waals surface area contributed by atoms with Crippen LogP contribution in [0.25, 0.3) is 0 Å². The highest BCUT2D eigenvalue weighted by Crippen LogP contribution is 2.12. The molecular formula is C26H42N4O6. The van der Waals surface area contributed by atoms with Crippen molar-refractivity contribution in [1.29, 1.82) is 0 Å². The number of esters is 1. The molecule has 202 valence electrons. The van der Waals surface area contributed by atoms with Crippen molar-refractivity contribution in [3.05, 3.63) is 23.9 Å². The van der Waals surface area contributed by atoms with Crippen LogP contribution < -0.4 is 21.3 Å². The predicted molar refractivity (Wildman–Crippen MR) is 136 cm³/mol. The lowest BCUT2D eigenvalue weighted by atomic mass is 10.0. The molecule has 36 heavy (non-hydrogen) atoms. The van der Waals surface area contributed by atoms with Crippen molar-refractivity contribution < 1.29 is 28.7 Å². The molecule has 1 rings (SSSR count). The Morgan fingerprint density at radius 2 is 1.56 bits per heavy atom. The minimum Gasteiger partial charge on any atom is -0.456 e. The molecule has 4 atom stereocenters. The summed E-state index contributed by atoms with van der Waals surface area (Å²) in [6.45, 7) is 12.4. The molecule has 1 aliphatic rings. The smallest absolute Gasteiger partial charge is 0.329 e. The molecule has 0 aromatic heterocycles. The first-order valence-corrected chi connectivity index (χ1v) is 12.7. The number of rotatable bonds is 6. The Kier molecular flexibility index (Phi) is 12.9. The SMILES string of the molecule is C/C=C1/NC(=O)[C@H](CC)NC(=O)[C@@H](C(C)C)NC(=O)C[C@H](/C=C/CCC)OC(=O)[C@H](C(C)C)NC1=O. The van der Waals surface area contributed by atoms with E-state index in [4.69, 9.17) is 4.74 Å². The number of carbonyl (C=O) groups excluding carboxylic acids is 5. The third-order valence-corrected chi connectivity index (χ3v) is 5.77. The zero-order valence-electron chi connectivity index (χ0n) is 22.5. The average molecular weight is 507 g/mol. The normalized spacial score (nSPS) is 26.6. The molecule has 4 N–H and O–H groups in total. The Bertz CT molecular complexity index is 864. The number of hydrogen-bond donors (Lipinski definition) is 4. The molecule has 0 aliphatic carbocycles. The van der Waals surface area contributed by atoms with Crippen molar-refractivity contribution in [1.82, 2.24) is 21.3 Å². The highest BCUT2D eigenvalue weighted by atomic mass is 16.5. The van der Waals surface area contributed by atoms with Crippen molar-refractivity contribution >= 4 is 29.6 Å². The molecule has 0 saturated carbocycles. The summed E-state index contributed by atoms with van der Waals surface area (Å²) in [5.74, 6) is -3.53. The summed E-state index contributed by atoms with van der Waals surface area (Å²) in [5, 5.41) is 10.5. The summed E-state index contributed by atoms with van der Waals surface area (Å²) in [6, 6.07) is -2.84. The number of unbranched alkanes of at least 4 members (excludes halogenated alkanes) is 1. The first kappa shape index (κ1) is 30.9. The summed E-state index contributed by atoms with van der Waals surface area (Å²) in [5.41, 5.74) is -0.0497. The van der Waals surface area contributed by atoms with Gasteiger partial charge in [0.15, 0.2) is 0 Å². The summed E-state index contributed by atoms with van der Waals surface area (Å²) < 4.78 is 5.63. The Hall–Kier alpha value is -3.17. The van der Waals surface area contributed by atoms with Gasteiger partial charge in [-0.3, -0.25) is 19.2 Å². The number of nitrogens with one attached hydrogen (secondary N) is 4. The van der Waals surface area contributed by atoms with Crippen LogP contribution in [0.2, 0.25) is 0 Å². The van der Waals surface area contributed by atoms with E-state index < -0.39 is 53.8 Å². The van der Waals surface area contributed by atoms with E-state index in [1.54, 1.807) is 47.6 Å². The highest BCUT2D eigenvalue weighted by molar-refractivity contribution is 6.01. The van der Waals surface area contributed by atoms with Crippen LogP contribution in [0.3, 0.4) is 0 Å². The van der Waals surface area contributed by atoms with Crippen molar-refractivity contribution in [3.8, 4) is 0 Å². The van der Waals surface area contributed by atoms with Crippen LogP contribution in [0, 0.1) is 11.8 Å². The third-order valence-electron chi connectivity index (χ3n) is 5.77. The second kappa shape index (κ2) is 15.1. The van der Waals surface area contributed by atoms with E-state index in [2.05, 4.69) is 21.3 Å². The zero-order valence-corrected chi connectivity index (χ0v) is 22.5. The summed E-state index contributed by atoms with van der Waals surface area (Å²) in [7, 11) is 0. The third kappa shape index (κ3) is 9.47. The minimum absolute atomic E-state index is 0.0497. The molecule has 0 spiro atoms. The molecule has 0 bridgehead atoms. The monoisotopic (exact) mass is 506 g/mol. The molecule has 1 heterocycles. The minimum atomic E-state index is -1.01. The number of carbonyl (C=O) groups is 5. The molecule has 1 saturated heterocycles. The largest absolute Gasteiger partial charge is 0.456 e. The fraction of sp³-hybridized carbons (Fsp3) is 0.654. The van der Waals surface area contributed by atoms with E-state index >= 15 is 0 Å². The van der Waals surface area contributed by atoms with Gasteiger partial charge >= 0.3 is 5.97 Å². The van der Waals surface area contributed by atoms with Gasteiger partial charge in [-0.05, 0) is 37.7 Å². The molecule has 1 aliphatic heterocycles. The van der Waals surface area contributed by atoms with Gasteiger partial charge in [0, 0.05) is 0 Å². The number of hydrogen-bond acceptors (Lipinski definition) is 6. The van der Waals surface area contributed by atoms with Crippen LogP contribution in [0.15, 0.2) is 23.9 Å². The molecule has 0 aromatic rings. The quantitative estimate of drug-likeness (QED) is 0.246. The topological polar surface area (TPSA) is 143 Å². The second-order valence-electron chi connectivity index (χ2n) is 9.54. The van der Waals surface area contributed by atoms with Gasteiger partial charge in [-0.1, -0.05) is 60.1 Å². The van der Waals surface area contributed by atoms with Gasteiger partial charge in [0.05, 0.1) is 6.42 Å². The van der Waals surface area contributed by atoms with Crippen LogP contribution in [-0.4, -0.2) is 53.8 Å². The van der Waals surface area contributed by atoms with Gasteiger partial charge in [-0.2, -0.15) is 0 Å². The lowest BCUT2D eigenvalue weighted by Crippen LogP contribution is -2.56. The van der Waals surface area contributed by atoms with E-state index in [1.807, 2.05) is 13.0 Å². The maximum atomic E-state index is 13.1. The first-order chi connectivity index (χ1) is 16.9. The highest BCUT2D eigenvalue weighted by Gasteiger charge is 2.33. The second-order valence-corrected chi connectivity index (χ2v) is 9.54. The van der Waals surface area contributed by atoms with E-state index in [0.717, 1.165) is 12.8 Å². The molecule has 4 amide bonds. The van der Waals surface area contributed by atoms with Crippen LogP contribution in [-0.2, 0) is 28.7 Å². The van der Waals surface area contributed by atoms with Crippen LogP contribution >= 0.6 is 0 Å². The predicted octanol–water partition coefficient (Wildman–Crippen LogP) is 1.85. The van der Waals surface area contributed by atoms with E-state index in [1.165, 1.54) is 6.08 Å². The number of amides is 4. The maximum Gasteiger partial charge on any atom is 0.329 e. The fourth-order valence-corrected chi connectivity index (χ4v) is 3.55. The summed E-state index contributed by atoms with van der Waals surface area (Å²) in [6.07, 6.45) is 5.70. The van der Waals surface area contributed by atoms with E-state index in [9.17, 15) is 24.0 Å². The fourth-order valence-electron chi connectivity index (χ4n) is 3.55. The lowest BCUT2D eigenvalue weighted by molar-refractivity contribution is -0.153. The van der Waals surface area contributed by atoms with E-state index in [0.29, 0.717) is 0 Å². The Labute approximate surface area is 214 Å². The van der Waals surface area contributed by atoms with Crippen LogP contribution in [0.1, 0.15) is 74.1 Å². The molecule has 0 unspecified atom stereocenters. The molecule has 0 radical (unpaired) electrons. The lowest BCUT2D eigenvalue weighted by Gasteiger charge is -2.27. The summed E-state index contributed by atoms with van der Waals surface area (Å²) in [4.78, 5) is 64.7. The van der Waals surface area contributed by atoms with Crippen LogP contribution in [0.5, 0.6) is 0 Å². The molecule has 10 nitrogen and oxygen atoms in total.